The topological polar surface area (TPSA) is 29.5 Å². The monoisotopic (exact) mass is 253 g/mol. The number of amides is 1. The summed E-state index contributed by atoms with van der Waals surface area (Å²) in [5, 5.41) is 0. The van der Waals surface area contributed by atoms with Crippen LogP contribution in [0.1, 0.15) is 58.8 Å². The van der Waals surface area contributed by atoms with E-state index < -0.39 is 0 Å². The van der Waals surface area contributed by atoms with Gasteiger partial charge in [0.2, 0.25) is 5.91 Å². The van der Waals surface area contributed by atoms with Crippen molar-refractivity contribution in [3.05, 3.63) is 0 Å². The largest absolute Gasteiger partial charge is 0.368 e. The molecule has 2 fully saturated rings. The van der Waals surface area contributed by atoms with Crippen LogP contribution in [0.3, 0.4) is 0 Å². The molecular formula is C15H27NO2. The minimum atomic E-state index is 0.197. The molecule has 2 aliphatic rings. The van der Waals surface area contributed by atoms with Crippen molar-refractivity contribution >= 4 is 5.91 Å². The lowest BCUT2D eigenvalue weighted by atomic mass is 10.1. The van der Waals surface area contributed by atoms with Crippen molar-refractivity contribution in [2.24, 2.45) is 5.92 Å². The Morgan fingerprint density at radius 3 is 2.56 bits per heavy atom. The fraction of sp³-hybridized carbons (Fsp3) is 0.933. The van der Waals surface area contributed by atoms with Crippen molar-refractivity contribution in [3.8, 4) is 0 Å². The highest BCUT2D eigenvalue weighted by Crippen LogP contribution is 2.23. The first-order valence-electron chi connectivity index (χ1n) is 7.58. The Hall–Kier alpha value is -0.570. The first-order chi connectivity index (χ1) is 8.66. The lowest BCUT2D eigenvalue weighted by Crippen LogP contribution is -2.42. The summed E-state index contributed by atoms with van der Waals surface area (Å²) in [5.74, 6) is 0.827. The summed E-state index contributed by atoms with van der Waals surface area (Å²) in [6.07, 6.45) is 8.77. The molecule has 0 N–H and O–H groups in total. The van der Waals surface area contributed by atoms with Gasteiger partial charge in [-0.15, -0.1) is 0 Å². The lowest BCUT2D eigenvalue weighted by molar-refractivity contribution is -0.140. The third kappa shape index (κ3) is 3.71. The molecule has 0 unspecified atom stereocenters. The molecule has 1 aliphatic heterocycles. The number of likely N-dealkylation sites (tertiary alicyclic amines) is 1. The molecule has 3 nitrogen and oxygen atoms in total. The quantitative estimate of drug-likeness (QED) is 0.774. The first-order valence-corrected chi connectivity index (χ1v) is 7.58. The summed E-state index contributed by atoms with van der Waals surface area (Å²) in [4.78, 5) is 14.3. The van der Waals surface area contributed by atoms with Crippen molar-refractivity contribution in [2.45, 2.75) is 70.9 Å². The van der Waals surface area contributed by atoms with E-state index in [4.69, 9.17) is 4.74 Å². The van der Waals surface area contributed by atoms with Crippen LogP contribution in [0.2, 0.25) is 0 Å². The van der Waals surface area contributed by atoms with E-state index in [1.807, 2.05) is 4.90 Å². The average molecular weight is 253 g/mol. The highest BCUT2D eigenvalue weighted by molar-refractivity contribution is 5.77. The third-order valence-electron chi connectivity index (χ3n) is 4.42. The van der Waals surface area contributed by atoms with Gasteiger partial charge in [0.15, 0.2) is 0 Å². The van der Waals surface area contributed by atoms with E-state index in [0.717, 1.165) is 25.8 Å². The zero-order valence-electron chi connectivity index (χ0n) is 11.9. The van der Waals surface area contributed by atoms with Gasteiger partial charge in [0.25, 0.3) is 0 Å². The van der Waals surface area contributed by atoms with E-state index in [1.54, 1.807) is 0 Å². The molecule has 2 rings (SSSR count). The van der Waals surface area contributed by atoms with Crippen molar-refractivity contribution < 1.29 is 9.53 Å². The molecule has 0 aromatic rings. The molecule has 1 saturated carbocycles. The second kappa shape index (κ2) is 6.55. The standard InChI is InChI=1S/C15H27NO2/c1-12-6-5-7-13(2)16(10-12)15(17)11-18-14-8-3-4-9-14/h12-14H,3-11H2,1-2H3/t12-,13+/m1/s1. The van der Waals surface area contributed by atoms with E-state index >= 15 is 0 Å². The number of ether oxygens (including phenoxy) is 1. The zero-order valence-corrected chi connectivity index (χ0v) is 11.9. The Morgan fingerprint density at radius 1 is 1.11 bits per heavy atom. The van der Waals surface area contributed by atoms with E-state index in [-0.39, 0.29) is 5.91 Å². The summed E-state index contributed by atoms with van der Waals surface area (Å²) in [5.41, 5.74) is 0. The second-order valence-corrected chi connectivity index (χ2v) is 6.15. The maximum absolute atomic E-state index is 12.3. The van der Waals surface area contributed by atoms with Gasteiger partial charge in [0.1, 0.15) is 6.61 Å². The fourth-order valence-corrected chi connectivity index (χ4v) is 3.20. The van der Waals surface area contributed by atoms with Gasteiger partial charge < -0.3 is 9.64 Å². The summed E-state index contributed by atoms with van der Waals surface area (Å²) in [6.45, 7) is 5.62. The Labute approximate surface area is 111 Å². The predicted octanol–water partition coefficient (Wildman–Crippen LogP) is 2.98. The van der Waals surface area contributed by atoms with Crippen LogP contribution in [0.25, 0.3) is 0 Å². The van der Waals surface area contributed by atoms with Gasteiger partial charge in [-0.1, -0.05) is 26.2 Å². The Bertz CT molecular complexity index is 274. The zero-order chi connectivity index (χ0) is 13.0. The van der Waals surface area contributed by atoms with Crippen molar-refractivity contribution in [2.75, 3.05) is 13.2 Å². The Kier molecular flexibility index (Phi) is 5.04. The van der Waals surface area contributed by atoms with Gasteiger partial charge in [-0.05, 0) is 38.5 Å². The van der Waals surface area contributed by atoms with Gasteiger partial charge in [0, 0.05) is 12.6 Å². The lowest BCUT2D eigenvalue weighted by Gasteiger charge is -2.29. The van der Waals surface area contributed by atoms with Crippen LogP contribution in [-0.4, -0.2) is 36.1 Å². The Balaban J connectivity index is 1.81. The maximum atomic E-state index is 12.3. The molecule has 0 aromatic heterocycles. The molecule has 1 heterocycles. The number of carbonyl (C=O) groups is 1. The molecule has 3 heteroatoms. The first kappa shape index (κ1) is 13.9. The molecule has 1 saturated heterocycles. The van der Waals surface area contributed by atoms with Crippen LogP contribution in [0, 0.1) is 5.92 Å². The van der Waals surface area contributed by atoms with Crippen LogP contribution in [-0.2, 0) is 9.53 Å². The van der Waals surface area contributed by atoms with E-state index in [2.05, 4.69) is 13.8 Å². The maximum Gasteiger partial charge on any atom is 0.248 e. The van der Waals surface area contributed by atoms with E-state index in [1.165, 1.54) is 25.7 Å². The minimum Gasteiger partial charge on any atom is -0.368 e. The number of rotatable bonds is 3. The highest BCUT2D eigenvalue weighted by Gasteiger charge is 2.26. The molecule has 0 aromatic carbocycles. The van der Waals surface area contributed by atoms with Crippen LogP contribution in [0.15, 0.2) is 0 Å². The number of hydrogen-bond donors (Lipinski definition) is 0. The van der Waals surface area contributed by atoms with Gasteiger partial charge in [-0.25, -0.2) is 0 Å². The summed E-state index contributed by atoms with van der Waals surface area (Å²) < 4.78 is 5.75. The molecule has 0 spiro atoms. The van der Waals surface area contributed by atoms with E-state index in [0.29, 0.717) is 24.7 Å². The number of carbonyl (C=O) groups excluding carboxylic acids is 1. The van der Waals surface area contributed by atoms with Crippen LogP contribution in [0.4, 0.5) is 0 Å². The SMILES string of the molecule is C[C@@H]1CCC[C@H](C)N(C(=O)COC2CCCC2)C1. The van der Waals surface area contributed by atoms with Gasteiger partial charge >= 0.3 is 0 Å². The molecule has 2 atom stereocenters. The summed E-state index contributed by atoms with van der Waals surface area (Å²) in [7, 11) is 0. The summed E-state index contributed by atoms with van der Waals surface area (Å²) >= 11 is 0. The van der Waals surface area contributed by atoms with Crippen molar-refractivity contribution in [1.29, 1.82) is 0 Å². The highest BCUT2D eigenvalue weighted by atomic mass is 16.5. The minimum absolute atomic E-state index is 0.197. The molecule has 0 bridgehead atoms. The smallest absolute Gasteiger partial charge is 0.248 e. The summed E-state index contributed by atoms with van der Waals surface area (Å²) in [6, 6.07) is 0.384. The van der Waals surface area contributed by atoms with Crippen LogP contribution >= 0.6 is 0 Å². The fourth-order valence-electron chi connectivity index (χ4n) is 3.20. The Morgan fingerprint density at radius 2 is 1.83 bits per heavy atom. The number of hydrogen-bond acceptors (Lipinski definition) is 2. The van der Waals surface area contributed by atoms with Gasteiger partial charge in [-0.2, -0.15) is 0 Å². The van der Waals surface area contributed by atoms with Crippen molar-refractivity contribution in [1.82, 2.24) is 4.90 Å². The van der Waals surface area contributed by atoms with E-state index in [9.17, 15) is 4.79 Å². The second-order valence-electron chi connectivity index (χ2n) is 6.15. The molecule has 1 amide bonds. The van der Waals surface area contributed by atoms with Crippen molar-refractivity contribution in [3.63, 3.8) is 0 Å². The molecule has 18 heavy (non-hydrogen) atoms. The van der Waals surface area contributed by atoms with Gasteiger partial charge in [0.05, 0.1) is 6.10 Å². The van der Waals surface area contributed by atoms with Crippen LogP contribution < -0.4 is 0 Å². The van der Waals surface area contributed by atoms with Crippen LogP contribution in [0.5, 0.6) is 0 Å². The number of nitrogens with zero attached hydrogens (tertiary/aromatic N) is 1. The molecule has 1 aliphatic carbocycles. The van der Waals surface area contributed by atoms with Gasteiger partial charge in [-0.3, -0.25) is 4.79 Å². The predicted molar refractivity (Wildman–Crippen MR) is 72.4 cm³/mol. The molecular weight excluding hydrogens is 226 g/mol. The average Bonchev–Trinajstić information content (AvgIpc) is 2.80. The molecule has 0 radical (unpaired) electrons. The molecule has 104 valence electrons. The normalized spacial score (nSPS) is 30.4. The third-order valence-corrected chi connectivity index (χ3v) is 4.42.